The molecule has 0 amide bonds. The molecule has 1 rings (SSSR count). The molecule has 154 valence electrons. The fraction of sp³-hybridized carbons (Fsp3) is 0.462. The number of carbonyl (C=O) groups is 1. The predicted molar refractivity (Wildman–Crippen MR) is 72.6 cm³/mol. The maximum absolute atomic E-state index is 12.6. The molecular formula is C13H11F6O7S-. The number of phenolic OH excluding ortho intramolecular Hbond substituents is 1. The molecule has 0 heterocycles. The fourth-order valence-corrected chi connectivity index (χ4v) is 2.43. The molecule has 0 radical (unpaired) electrons. The van der Waals surface area contributed by atoms with Crippen LogP contribution in [-0.2, 0) is 14.9 Å². The molecule has 7 nitrogen and oxygen atoms in total. The van der Waals surface area contributed by atoms with Crippen molar-refractivity contribution in [1.29, 1.82) is 0 Å². The van der Waals surface area contributed by atoms with E-state index in [2.05, 4.69) is 4.74 Å². The molecule has 0 fully saturated rings. The summed E-state index contributed by atoms with van der Waals surface area (Å²) in [7, 11) is -5.08. The van der Waals surface area contributed by atoms with Crippen LogP contribution in [0.1, 0.15) is 23.7 Å². The normalized spacial score (nSPS) is 14.7. The minimum atomic E-state index is -6.13. The van der Waals surface area contributed by atoms with Crippen molar-refractivity contribution < 1.29 is 59.1 Å². The van der Waals surface area contributed by atoms with E-state index in [4.69, 9.17) is 5.11 Å². The highest BCUT2D eigenvalue weighted by atomic mass is 32.2. The Morgan fingerprint density at radius 1 is 1.19 bits per heavy atom. The Kier molecular flexibility index (Phi) is 6.10. The van der Waals surface area contributed by atoms with E-state index in [9.17, 15) is 49.2 Å². The second-order valence-electron chi connectivity index (χ2n) is 5.41. The molecule has 2 N–H and O–H groups in total. The molecule has 1 atom stereocenters. The van der Waals surface area contributed by atoms with Gasteiger partial charge in [-0.05, 0) is 25.1 Å². The first-order valence-corrected chi connectivity index (χ1v) is 8.16. The number of hydrogen-bond acceptors (Lipinski definition) is 7. The van der Waals surface area contributed by atoms with Crippen LogP contribution >= 0.6 is 0 Å². The van der Waals surface area contributed by atoms with Crippen molar-refractivity contribution in [3.63, 3.8) is 0 Å². The molecule has 0 aromatic heterocycles. The average molecular weight is 425 g/mol. The van der Waals surface area contributed by atoms with E-state index in [0.29, 0.717) is 25.1 Å². The van der Waals surface area contributed by atoms with Crippen LogP contribution in [0.4, 0.5) is 26.3 Å². The number of alkyl halides is 6. The van der Waals surface area contributed by atoms with Crippen molar-refractivity contribution in [2.75, 3.05) is 0 Å². The third kappa shape index (κ3) is 5.01. The van der Waals surface area contributed by atoms with Gasteiger partial charge in [0.25, 0.3) is 5.60 Å². The third-order valence-electron chi connectivity index (χ3n) is 3.31. The Morgan fingerprint density at radius 3 is 2.07 bits per heavy atom. The highest BCUT2D eigenvalue weighted by Gasteiger charge is 2.70. The summed E-state index contributed by atoms with van der Waals surface area (Å²) < 4.78 is 113. The molecule has 0 aliphatic heterocycles. The number of aliphatic hydroxyl groups is 1. The molecule has 0 spiro atoms. The van der Waals surface area contributed by atoms with E-state index in [-0.39, 0.29) is 0 Å². The van der Waals surface area contributed by atoms with Gasteiger partial charge in [0.1, 0.15) is 27.5 Å². The van der Waals surface area contributed by atoms with Gasteiger partial charge in [-0.1, -0.05) is 0 Å². The van der Waals surface area contributed by atoms with Crippen molar-refractivity contribution in [2.24, 2.45) is 0 Å². The lowest BCUT2D eigenvalue weighted by atomic mass is 9.95. The number of esters is 1. The molecule has 1 aromatic rings. The van der Waals surface area contributed by atoms with Crippen LogP contribution in [0.15, 0.2) is 23.1 Å². The van der Waals surface area contributed by atoms with Gasteiger partial charge in [-0.3, -0.25) is 0 Å². The summed E-state index contributed by atoms with van der Waals surface area (Å²) in [5.41, 5.74) is -6.16. The number of ether oxygens (including phenoxy) is 1. The summed E-state index contributed by atoms with van der Waals surface area (Å²) >= 11 is 0. The molecule has 27 heavy (non-hydrogen) atoms. The van der Waals surface area contributed by atoms with Crippen LogP contribution in [0.5, 0.6) is 5.75 Å². The lowest BCUT2D eigenvalue weighted by molar-refractivity contribution is -0.373. The molecular weight excluding hydrogens is 414 g/mol. The number of hydrogen-bond donors (Lipinski definition) is 2. The van der Waals surface area contributed by atoms with Crippen molar-refractivity contribution in [1.82, 2.24) is 0 Å². The number of benzene rings is 1. The Labute approximate surface area is 147 Å². The molecule has 0 aliphatic rings. The summed E-state index contributed by atoms with van der Waals surface area (Å²) in [6.45, 7) is 0.603. The van der Waals surface area contributed by atoms with Crippen LogP contribution in [0.2, 0.25) is 0 Å². The standard InChI is InChI=1S/C13H12F6O7S/c1-6(5-11(22,12(14,15)16)13(17,18)19)26-10(21)8-4-7(27(23,24)25)2-3-9(8)20/h2-4,6,20,22H,5H2,1H3,(H,23,24,25)/p-1. The van der Waals surface area contributed by atoms with Crippen LogP contribution in [0, 0.1) is 0 Å². The van der Waals surface area contributed by atoms with Gasteiger partial charge in [0.05, 0.1) is 4.90 Å². The zero-order valence-electron chi connectivity index (χ0n) is 13.1. The SMILES string of the molecule is CC(CC(O)(C(F)(F)F)C(F)(F)F)OC(=O)c1cc(S(=O)(=O)[O-])ccc1O. The summed E-state index contributed by atoms with van der Waals surface area (Å²) in [6, 6.07) is 1.55. The molecule has 0 saturated carbocycles. The first kappa shape index (κ1) is 23.0. The van der Waals surface area contributed by atoms with Crippen LogP contribution in [0.3, 0.4) is 0 Å². The lowest BCUT2D eigenvalue weighted by Gasteiger charge is -2.34. The maximum Gasteiger partial charge on any atom is 0.426 e. The zero-order valence-corrected chi connectivity index (χ0v) is 13.9. The number of halogens is 6. The van der Waals surface area contributed by atoms with Gasteiger partial charge >= 0.3 is 18.3 Å². The van der Waals surface area contributed by atoms with Crippen LogP contribution in [0.25, 0.3) is 0 Å². The van der Waals surface area contributed by atoms with Gasteiger partial charge in [-0.25, -0.2) is 13.2 Å². The number of aromatic hydroxyl groups is 1. The highest BCUT2D eigenvalue weighted by molar-refractivity contribution is 7.85. The van der Waals surface area contributed by atoms with Crippen molar-refractivity contribution in [3.8, 4) is 5.75 Å². The lowest BCUT2D eigenvalue weighted by Crippen LogP contribution is -2.58. The van der Waals surface area contributed by atoms with Crippen molar-refractivity contribution in [2.45, 2.75) is 42.3 Å². The molecule has 14 heteroatoms. The Bertz CT molecular complexity index is 801. The van der Waals surface area contributed by atoms with Gasteiger partial charge in [-0.2, -0.15) is 26.3 Å². The number of rotatable bonds is 5. The summed E-state index contributed by atoms with van der Waals surface area (Å²) in [4.78, 5) is 10.8. The summed E-state index contributed by atoms with van der Waals surface area (Å²) in [6.07, 6.45) is -16.6. The van der Waals surface area contributed by atoms with Gasteiger partial charge in [0, 0.05) is 6.42 Å². The predicted octanol–water partition coefficient (Wildman–Crippen LogP) is 2.09. The van der Waals surface area contributed by atoms with E-state index in [1.807, 2.05) is 0 Å². The van der Waals surface area contributed by atoms with Crippen LogP contribution < -0.4 is 0 Å². The quantitative estimate of drug-likeness (QED) is 0.421. The summed E-state index contributed by atoms with van der Waals surface area (Å²) in [5.74, 6) is -2.65. The van der Waals surface area contributed by atoms with Gasteiger partial charge in [0.2, 0.25) is 0 Å². The number of carbonyl (C=O) groups excluding carboxylic acids is 1. The first-order chi connectivity index (χ1) is 11.9. The molecule has 1 aromatic carbocycles. The van der Waals surface area contributed by atoms with Gasteiger partial charge in [0.15, 0.2) is 0 Å². The van der Waals surface area contributed by atoms with E-state index in [0.717, 1.165) is 0 Å². The van der Waals surface area contributed by atoms with E-state index in [1.54, 1.807) is 0 Å². The maximum atomic E-state index is 12.6. The zero-order chi connectivity index (χ0) is 21.4. The van der Waals surface area contributed by atoms with Gasteiger partial charge < -0.3 is 19.5 Å². The highest BCUT2D eigenvalue weighted by Crippen LogP contribution is 2.46. The van der Waals surface area contributed by atoms with E-state index in [1.165, 1.54) is 0 Å². The van der Waals surface area contributed by atoms with Gasteiger partial charge in [-0.15, -0.1) is 0 Å². The second-order valence-corrected chi connectivity index (χ2v) is 6.79. The second kappa shape index (κ2) is 7.16. The smallest absolute Gasteiger partial charge is 0.426 e. The topological polar surface area (TPSA) is 124 Å². The molecule has 1 unspecified atom stereocenters. The molecule has 0 saturated heterocycles. The monoisotopic (exact) mass is 425 g/mol. The van der Waals surface area contributed by atoms with E-state index >= 15 is 0 Å². The Balaban J connectivity index is 3.10. The van der Waals surface area contributed by atoms with Crippen molar-refractivity contribution >= 4 is 16.1 Å². The Hall–Kier alpha value is -2.06. The van der Waals surface area contributed by atoms with Crippen LogP contribution in [-0.4, -0.2) is 53.2 Å². The number of phenols is 1. The Morgan fingerprint density at radius 2 is 1.67 bits per heavy atom. The third-order valence-corrected chi connectivity index (χ3v) is 4.14. The molecule has 0 bridgehead atoms. The minimum absolute atomic E-state index is 0.340. The largest absolute Gasteiger partial charge is 0.744 e. The van der Waals surface area contributed by atoms with E-state index < -0.39 is 62.8 Å². The molecule has 0 aliphatic carbocycles. The minimum Gasteiger partial charge on any atom is -0.744 e. The average Bonchev–Trinajstić information content (AvgIpc) is 2.43. The fourth-order valence-electron chi connectivity index (χ4n) is 1.93. The van der Waals surface area contributed by atoms with Crippen molar-refractivity contribution in [3.05, 3.63) is 23.8 Å². The summed E-state index contributed by atoms with van der Waals surface area (Å²) in [5, 5.41) is 18.5. The first-order valence-electron chi connectivity index (χ1n) is 6.76.